The number of nitrogens with zero attached hydrogens (tertiary/aromatic N) is 1. The van der Waals surface area contributed by atoms with Crippen LogP contribution in [0.1, 0.15) is 28.8 Å². The minimum atomic E-state index is -0.295. The van der Waals surface area contributed by atoms with E-state index in [1.54, 1.807) is 48.3 Å². The van der Waals surface area contributed by atoms with Crippen molar-refractivity contribution in [1.82, 2.24) is 4.90 Å². The molecule has 5 heteroatoms. The monoisotopic (exact) mass is 326 g/mol. The van der Waals surface area contributed by atoms with E-state index in [0.29, 0.717) is 17.8 Å². The van der Waals surface area contributed by atoms with E-state index in [-0.39, 0.29) is 23.5 Å². The van der Waals surface area contributed by atoms with Gasteiger partial charge in [0.1, 0.15) is 5.82 Å². The van der Waals surface area contributed by atoms with Crippen LogP contribution in [0.5, 0.6) is 0 Å². The van der Waals surface area contributed by atoms with E-state index in [1.165, 1.54) is 12.1 Å². The van der Waals surface area contributed by atoms with Gasteiger partial charge in [0, 0.05) is 30.8 Å². The van der Waals surface area contributed by atoms with Crippen LogP contribution in [0.15, 0.2) is 48.5 Å². The Morgan fingerprint density at radius 3 is 2.29 bits per heavy atom. The lowest BCUT2D eigenvalue weighted by molar-refractivity contribution is -0.117. The maximum Gasteiger partial charge on any atom is 0.253 e. The second-order valence-electron chi connectivity index (χ2n) is 6.13. The number of nitrogens with one attached hydrogen (secondary N) is 1. The molecule has 24 heavy (non-hydrogen) atoms. The summed E-state index contributed by atoms with van der Waals surface area (Å²) in [5.74, 6) is -0.230. The Balaban J connectivity index is 1.61. The first-order valence-electron chi connectivity index (χ1n) is 7.94. The van der Waals surface area contributed by atoms with Gasteiger partial charge in [-0.05, 0) is 54.8 Å². The average molecular weight is 326 g/mol. The lowest BCUT2D eigenvalue weighted by atomic mass is 10.1. The highest BCUT2D eigenvalue weighted by Crippen LogP contribution is 2.30. The highest BCUT2D eigenvalue weighted by molar-refractivity contribution is 5.96. The molecule has 0 bridgehead atoms. The molecule has 0 atom stereocenters. The summed E-state index contributed by atoms with van der Waals surface area (Å²) in [5.41, 5.74) is 2.11. The molecule has 124 valence electrons. The Kier molecular flexibility index (Phi) is 4.60. The fourth-order valence-corrected chi connectivity index (χ4v) is 2.44. The first kappa shape index (κ1) is 16.2. The van der Waals surface area contributed by atoms with Crippen LogP contribution in [0.4, 0.5) is 10.1 Å². The van der Waals surface area contributed by atoms with Gasteiger partial charge in [-0.3, -0.25) is 9.59 Å². The zero-order valence-electron chi connectivity index (χ0n) is 13.5. The molecular weight excluding hydrogens is 307 g/mol. The second-order valence-corrected chi connectivity index (χ2v) is 6.13. The van der Waals surface area contributed by atoms with Crippen molar-refractivity contribution in [2.24, 2.45) is 5.92 Å². The number of carbonyl (C=O) groups excluding carboxylic acids is 2. The Morgan fingerprint density at radius 1 is 1.08 bits per heavy atom. The van der Waals surface area contributed by atoms with Crippen LogP contribution >= 0.6 is 0 Å². The van der Waals surface area contributed by atoms with Crippen molar-refractivity contribution in [3.63, 3.8) is 0 Å². The van der Waals surface area contributed by atoms with Crippen LogP contribution < -0.4 is 5.32 Å². The van der Waals surface area contributed by atoms with Crippen LogP contribution in [0.2, 0.25) is 0 Å². The molecule has 1 aliphatic rings. The number of carbonyl (C=O) groups is 2. The van der Waals surface area contributed by atoms with Crippen LogP contribution in [-0.4, -0.2) is 23.8 Å². The third-order valence-corrected chi connectivity index (χ3v) is 4.03. The SMILES string of the molecule is CN(Cc1ccc(F)cc1)C(=O)c1ccc(NC(=O)C2CC2)cc1. The summed E-state index contributed by atoms with van der Waals surface area (Å²) in [5, 5.41) is 2.84. The molecular formula is C19H19FN2O2. The number of anilines is 1. The molecule has 1 saturated carbocycles. The summed E-state index contributed by atoms with van der Waals surface area (Å²) < 4.78 is 12.9. The highest BCUT2D eigenvalue weighted by atomic mass is 19.1. The quantitative estimate of drug-likeness (QED) is 0.915. The fourth-order valence-electron chi connectivity index (χ4n) is 2.44. The van der Waals surface area contributed by atoms with Crippen LogP contribution in [0.3, 0.4) is 0 Å². The maximum atomic E-state index is 12.9. The van der Waals surface area contributed by atoms with Crippen molar-refractivity contribution in [3.8, 4) is 0 Å². The molecule has 2 amide bonds. The van der Waals surface area contributed by atoms with E-state index in [2.05, 4.69) is 5.32 Å². The number of amides is 2. The minimum Gasteiger partial charge on any atom is -0.337 e. The van der Waals surface area contributed by atoms with Gasteiger partial charge in [0.05, 0.1) is 0 Å². The Labute approximate surface area is 140 Å². The summed E-state index contributed by atoms with van der Waals surface area (Å²) in [6, 6.07) is 13.0. The second kappa shape index (κ2) is 6.83. The van der Waals surface area contributed by atoms with E-state index in [9.17, 15) is 14.0 Å². The molecule has 3 rings (SSSR count). The molecule has 2 aromatic carbocycles. The number of halogens is 1. The van der Waals surface area contributed by atoms with Crippen LogP contribution in [0, 0.1) is 11.7 Å². The molecule has 0 aromatic heterocycles. The molecule has 0 heterocycles. The maximum absolute atomic E-state index is 12.9. The number of rotatable bonds is 5. The first-order chi connectivity index (χ1) is 11.5. The van der Waals surface area contributed by atoms with E-state index < -0.39 is 0 Å². The standard InChI is InChI=1S/C19H19FN2O2/c1-22(12-13-2-8-16(20)9-3-13)19(24)15-6-10-17(11-7-15)21-18(23)14-4-5-14/h2-3,6-11,14H,4-5,12H2,1H3,(H,21,23). The zero-order valence-corrected chi connectivity index (χ0v) is 13.5. The third kappa shape index (κ3) is 3.98. The normalized spacial score (nSPS) is 13.4. The average Bonchev–Trinajstić information content (AvgIpc) is 3.42. The molecule has 1 N–H and O–H groups in total. The Morgan fingerprint density at radius 2 is 1.71 bits per heavy atom. The molecule has 0 unspecified atom stereocenters. The largest absolute Gasteiger partial charge is 0.337 e. The number of hydrogen-bond acceptors (Lipinski definition) is 2. The summed E-state index contributed by atoms with van der Waals surface area (Å²) >= 11 is 0. The minimum absolute atomic E-state index is 0.0440. The van der Waals surface area contributed by atoms with Crippen molar-refractivity contribution in [2.75, 3.05) is 12.4 Å². The topological polar surface area (TPSA) is 49.4 Å². The zero-order chi connectivity index (χ0) is 17.1. The van der Waals surface area contributed by atoms with Crippen LogP contribution in [0.25, 0.3) is 0 Å². The smallest absolute Gasteiger partial charge is 0.253 e. The molecule has 1 fully saturated rings. The summed E-state index contributed by atoms with van der Waals surface area (Å²) in [6.45, 7) is 0.402. The van der Waals surface area contributed by atoms with Crippen molar-refractivity contribution in [3.05, 3.63) is 65.5 Å². The van der Waals surface area contributed by atoms with Gasteiger partial charge in [-0.2, -0.15) is 0 Å². The lowest BCUT2D eigenvalue weighted by Gasteiger charge is -2.17. The van der Waals surface area contributed by atoms with Crippen molar-refractivity contribution >= 4 is 17.5 Å². The lowest BCUT2D eigenvalue weighted by Crippen LogP contribution is -2.26. The molecule has 0 saturated heterocycles. The molecule has 2 aromatic rings. The van der Waals surface area contributed by atoms with Crippen LogP contribution in [-0.2, 0) is 11.3 Å². The molecule has 0 radical (unpaired) electrons. The third-order valence-electron chi connectivity index (χ3n) is 4.03. The van der Waals surface area contributed by atoms with Crippen molar-refractivity contribution in [2.45, 2.75) is 19.4 Å². The summed E-state index contributed by atoms with van der Waals surface area (Å²) in [7, 11) is 1.70. The first-order valence-corrected chi connectivity index (χ1v) is 7.94. The summed E-state index contributed by atoms with van der Waals surface area (Å²) in [6.07, 6.45) is 1.91. The van der Waals surface area contributed by atoms with Gasteiger partial charge in [-0.25, -0.2) is 4.39 Å². The molecule has 0 spiro atoms. The predicted octanol–water partition coefficient (Wildman–Crippen LogP) is 3.45. The van der Waals surface area contributed by atoms with E-state index in [4.69, 9.17) is 0 Å². The van der Waals surface area contributed by atoms with Crippen molar-refractivity contribution < 1.29 is 14.0 Å². The predicted molar refractivity (Wildman–Crippen MR) is 90.0 cm³/mol. The highest BCUT2D eigenvalue weighted by Gasteiger charge is 2.29. The van der Waals surface area contributed by atoms with E-state index in [1.807, 2.05) is 0 Å². The van der Waals surface area contributed by atoms with Gasteiger partial charge in [0.15, 0.2) is 0 Å². The van der Waals surface area contributed by atoms with E-state index >= 15 is 0 Å². The van der Waals surface area contributed by atoms with Gasteiger partial charge < -0.3 is 10.2 Å². The fraction of sp³-hybridized carbons (Fsp3) is 0.263. The molecule has 1 aliphatic carbocycles. The van der Waals surface area contributed by atoms with Gasteiger partial charge in [0.25, 0.3) is 5.91 Å². The Hall–Kier alpha value is -2.69. The van der Waals surface area contributed by atoms with E-state index in [0.717, 1.165) is 18.4 Å². The number of benzene rings is 2. The Bertz CT molecular complexity index is 737. The molecule has 0 aliphatic heterocycles. The van der Waals surface area contributed by atoms with Gasteiger partial charge in [0.2, 0.25) is 5.91 Å². The van der Waals surface area contributed by atoms with Gasteiger partial charge in [-0.1, -0.05) is 12.1 Å². The molecule has 4 nitrogen and oxygen atoms in total. The summed E-state index contributed by atoms with van der Waals surface area (Å²) in [4.78, 5) is 25.7. The number of hydrogen-bond donors (Lipinski definition) is 1. The van der Waals surface area contributed by atoms with Gasteiger partial charge >= 0.3 is 0 Å². The van der Waals surface area contributed by atoms with Crippen molar-refractivity contribution in [1.29, 1.82) is 0 Å². The van der Waals surface area contributed by atoms with Gasteiger partial charge in [-0.15, -0.1) is 0 Å².